The second-order valence-corrected chi connectivity index (χ2v) is 8.33. The fourth-order valence-electron chi connectivity index (χ4n) is 3.27. The molecule has 0 aliphatic carbocycles. The first-order valence-corrected chi connectivity index (χ1v) is 11.9. The van der Waals surface area contributed by atoms with Gasteiger partial charge in [0.25, 0.3) is 11.8 Å². The lowest BCUT2D eigenvalue weighted by molar-refractivity contribution is -0.133. The number of aromatic nitrogens is 1. The van der Waals surface area contributed by atoms with Gasteiger partial charge in [-0.05, 0) is 85.0 Å². The van der Waals surface area contributed by atoms with Crippen LogP contribution in [0.25, 0.3) is 0 Å². The van der Waals surface area contributed by atoms with Crippen LogP contribution in [0.2, 0.25) is 0 Å². The van der Waals surface area contributed by atoms with Gasteiger partial charge >= 0.3 is 0 Å². The molecule has 10 nitrogen and oxygen atoms in total. The molecule has 3 rings (SSSR count). The highest BCUT2D eigenvalue weighted by Gasteiger charge is 2.25. The van der Waals surface area contributed by atoms with Gasteiger partial charge < -0.3 is 21.1 Å². The van der Waals surface area contributed by atoms with E-state index in [1.54, 1.807) is 48.8 Å². The first-order valence-electron chi connectivity index (χ1n) is 11.9. The second kappa shape index (κ2) is 14.7. The van der Waals surface area contributed by atoms with E-state index in [1.165, 1.54) is 24.5 Å². The molecule has 3 amide bonds. The predicted octanol–water partition coefficient (Wildman–Crippen LogP) is 1.20. The SMILES string of the molecule is CC(O)C(NC(=O)c1ccc(C#CC#Cc2ccc(NC(=O)CNCc3ccncc3)cc2)cc1)C(=O)NO. The minimum absolute atomic E-state index is 0.157. The van der Waals surface area contributed by atoms with Gasteiger partial charge in [0, 0.05) is 41.3 Å². The van der Waals surface area contributed by atoms with E-state index < -0.39 is 24.0 Å². The van der Waals surface area contributed by atoms with Crippen LogP contribution in [-0.4, -0.2) is 51.7 Å². The highest BCUT2D eigenvalue weighted by Crippen LogP contribution is 2.09. The van der Waals surface area contributed by atoms with E-state index in [1.807, 2.05) is 12.1 Å². The molecule has 0 saturated carbocycles. The van der Waals surface area contributed by atoms with Crippen LogP contribution in [0.3, 0.4) is 0 Å². The molecule has 0 saturated heterocycles. The Hall–Kier alpha value is -5.00. The van der Waals surface area contributed by atoms with Gasteiger partial charge in [-0.15, -0.1) is 0 Å². The molecule has 39 heavy (non-hydrogen) atoms. The monoisotopic (exact) mass is 525 g/mol. The molecule has 0 fully saturated rings. The third-order valence-electron chi connectivity index (χ3n) is 5.32. The lowest BCUT2D eigenvalue weighted by atomic mass is 10.1. The van der Waals surface area contributed by atoms with Crippen molar-refractivity contribution in [2.45, 2.75) is 25.6 Å². The van der Waals surface area contributed by atoms with Crippen molar-refractivity contribution in [3.63, 3.8) is 0 Å². The number of hydrogen-bond acceptors (Lipinski definition) is 7. The zero-order valence-electron chi connectivity index (χ0n) is 21.1. The van der Waals surface area contributed by atoms with Gasteiger partial charge in [-0.3, -0.25) is 24.6 Å². The van der Waals surface area contributed by atoms with Gasteiger partial charge in [-0.25, -0.2) is 5.48 Å². The molecule has 2 atom stereocenters. The Morgan fingerprint density at radius 3 is 2.05 bits per heavy atom. The standard InChI is InChI=1S/C29H27N5O5/c1-20(35)27(29(38)34-39)33-28(37)24-10-6-21(7-11-24)4-2-3-5-22-8-12-25(13-9-22)32-26(36)19-31-18-23-14-16-30-17-15-23/h6-17,20,27,31,35,39H,18-19H2,1H3,(H,32,36)(H,33,37)(H,34,38). The number of carbonyl (C=O) groups excluding carboxylic acids is 3. The molecule has 2 unspecified atom stereocenters. The maximum atomic E-state index is 12.3. The van der Waals surface area contributed by atoms with Crippen LogP contribution in [-0.2, 0) is 16.1 Å². The van der Waals surface area contributed by atoms with Crippen molar-refractivity contribution in [2.75, 3.05) is 11.9 Å². The van der Waals surface area contributed by atoms with Crippen molar-refractivity contribution in [1.29, 1.82) is 0 Å². The molecule has 198 valence electrons. The van der Waals surface area contributed by atoms with Crippen molar-refractivity contribution in [3.8, 4) is 23.7 Å². The van der Waals surface area contributed by atoms with E-state index in [0.29, 0.717) is 17.8 Å². The van der Waals surface area contributed by atoms with Gasteiger partial charge in [-0.1, -0.05) is 11.8 Å². The molecular weight excluding hydrogens is 498 g/mol. The minimum Gasteiger partial charge on any atom is -0.391 e. The lowest BCUT2D eigenvalue weighted by Crippen LogP contribution is -2.51. The summed E-state index contributed by atoms with van der Waals surface area (Å²) in [6.45, 7) is 2.06. The average Bonchev–Trinajstić information content (AvgIpc) is 2.95. The van der Waals surface area contributed by atoms with E-state index in [0.717, 1.165) is 11.1 Å². The summed E-state index contributed by atoms with van der Waals surface area (Å²) in [6, 6.07) is 15.8. The van der Waals surface area contributed by atoms with Crippen LogP contribution >= 0.6 is 0 Å². The van der Waals surface area contributed by atoms with Crippen LogP contribution < -0.4 is 21.4 Å². The van der Waals surface area contributed by atoms with Crippen molar-refractivity contribution in [2.24, 2.45) is 0 Å². The lowest BCUT2D eigenvalue weighted by Gasteiger charge is -2.19. The minimum atomic E-state index is -1.30. The Morgan fingerprint density at radius 1 is 0.897 bits per heavy atom. The molecule has 0 aliphatic heterocycles. The Bertz CT molecular complexity index is 1400. The van der Waals surface area contributed by atoms with Crippen LogP contribution in [0, 0.1) is 23.7 Å². The Morgan fingerprint density at radius 2 is 1.49 bits per heavy atom. The Labute approximate surface area is 225 Å². The smallest absolute Gasteiger partial charge is 0.268 e. The summed E-state index contributed by atoms with van der Waals surface area (Å²) in [5, 5.41) is 26.6. The molecule has 3 aromatic rings. The van der Waals surface area contributed by atoms with Crippen LogP contribution in [0.5, 0.6) is 0 Å². The number of carbonyl (C=O) groups is 3. The summed E-state index contributed by atoms with van der Waals surface area (Å²) >= 11 is 0. The maximum Gasteiger partial charge on any atom is 0.268 e. The van der Waals surface area contributed by atoms with Gasteiger partial charge in [0.15, 0.2) is 0 Å². The fourth-order valence-corrected chi connectivity index (χ4v) is 3.27. The van der Waals surface area contributed by atoms with Gasteiger partial charge in [-0.2, -0.15) is 0 Å². The number of aliphatic hydroxyl groups is 1. The molecule has 2 aromatic carbocycles. The zero-order chi connectivity index (χ0) is 28.0. The normalized spacial score (nSPS) is 11.5. The summed E-state index contributed by atoms with van der Waals surface area (Å²) in [5.74, 6) is 9.63. The number of aliphatic hydroxyl groups excluding tert-OH is 1. The molecule has 0 aliphatic rings. The number of hydrogen-bond donors (Lipinski definition) is 6. The number of anilines is 1. The summed E-state index contributed by atoms with van der Waals surface area (Å²) in [7, 11) is 0. The molecular formula is C29H27N5O5. The number of rotatable bonds is 9. The predicted molar refractivity (Wildman–Crippen MR) is 144 cm³/mol. The molecule has 0 radical (unpaired) electrons. The first kappa shape index (κ1) is 28.6. The fraction of sp³-hybridized carbons (Fsp3) is 0.172. The van der Waals surface area contributed by atoms with Gasteiger partial charge in [0.1, 0.15) is 6.04 Å². The van der Waals surface area contributed by atoms with Gasteiger partial charge in [0.05, 0.1) is 12.6 Å². The molecule has 1 aromatic heterocycles. The van der Waals surface area contributed by atoms with Crippen molar-refractivity contribution < 1.29 is 24.7 Å². The van der Waals surface area contributed by atoms with E-state index in [2.05, 4.69) is 44.6 Å². The zero-order valence-corrected chi connectivity index (χ0v) is 21.1. The average molecular weight is 526 g/mol. The Balaban J connectivity index is 1.48. The third kappa shape index (κ3) is 9.43. The van der Waals surface area contributed by atoms with Crippen LogP contribution in [0.4, 0.5) is 5.69 Å². The number of pyridine rings is 1. The number of amides is 3. The van der Waals surface area contributed by atoms with Crippen LogP contribution in [0.1, 0.15) is 34.0 Å². The van der Waals surface area contributed by atoms with Crippen molar-refractivity contribution in [3.05, 3.63) is 95.3 Å². The first-order chi connectivity index (χ1) is 18.9. The van der Waals surface area contributed by atoms with Crippen molar-refractivity contribution in [1.82, 2.24) is 21.1 Å². The largest absolute Gasteiger partial charge is 0.391 e. The quantitative estimate of drug-likeness (QED) is 0.139. The number of nitrogens with zero attached hydrogens (tertiary/aromatic N) is 1. The van der Waals surface area contributed by atoms with E-state index in [4.69, 9.17) is 5.21 Å². The summed E-state index contributed by atoms with van der Waals surface area (Å²) in [6.07, 6.45) is 2.20. The summed E-state index contributed by atoms with van der Waals surface area (Å²) in [5.41, 5.74) is 4.71. The summed E-state index contributed by atoms with van der Waals surface area (Å²) in [4.78, 5) is 40.0. The molecule has 1 heterocycles. The highest BCUT2D eigenvalue weighted by molar-refractivity contribution is 5.97. The highest BCUT2D eigenvalue weighted by atomic mass is 16.5. The molecule has 0 bridgehead atoms. The van der Waals surface area contributed by atoms with E-state index in [9.17, 15) is 19.5 Å². The maximum absolute atomic E-state index is 12.3. The number of nitrogens with one attached hydrogen (secondary N) is 4. The molecule has 0 spiro atoms. The Kier molecular flexibility index (Phi) is 10.7. The molecule has 6 N–H and O–H groups in total. The third-order valence-corrected chi connectivity index (χ3v) is 5.32. The van der Waals surface area contributed by atoms with Gasteiger partial charge in [0.2, 0.25) is 5.91 Å². The van der Waals surface area contributed by atoms with E-state index in [-0.39, 0.29) is 18.0 Å². The van der Waals surface area contributed by atoms with Crippen LogP contribution in [0.15, 0.2) is 73.1 Å². The number of hydroxylamine groups is 1. The molecule has 10 heteroatoms. The summed E-state index contributed by atoms with van der Waals surface area (Å²) < 4.78 is 0. The second-order valence-electron chi connectivity index (χ2n) is 8.33. The number of benzene rings is 2. The van der Waals surface area contributed by atoms with E-state index >= 15 is 0 Å². The topological polar surface area (TPSA) is 153 Å². The van der Waals surface area contributed by atoms with Crippen molar-refractivity contribution >= 4 is 23.4 Å².